The first kappa shape index (κ1) is 15.9. The number of nitrogens with two attached hydrogens (primary N) is 1. The van der Waals surface area contributed by atoms with E-state index in [1.54, 1.807) is 11.8 Å². The Morgan fingerprint density at radius 3 is 2.71 bits per heavy atom. The molecule has 1 aliphatic heterocycles. The molecule has 3 N–H and O–H groups in total. The number of aliphatic imine (C=N–C) groups is 1. The Bertz CT molecular complexity index is 695. The van der Waals surface area contributed by atoms with Gasteiger partial charge in [0.15, 0.2) is 0 Å². The van der Waals surface area contributed by atoms with Crippen molar-refractivity contribution in [3.8, 4) is 0 Å². The Kier molecular flexibility index (Phi) is 5.33. The van der Waals surface area contributed by atoms with Gasteiger partial charge in [0.1, 0.15) is 0 Å². The average molecular weight is 344 g/mol. The molecule has 8 heteroatoms. The second kappa shape index (κ2) is 7.02. The van der Waals surface area contributed by atoms with E-state index in [0.29, 0.717) is 11.6 Å². The minimum Gasteiger partial charge on any atom is -0.369 e. The highest BCUT2D eigenvalue weighted by atomic mass is 35.5. The van der Waals surface area contributed by atoms with Crippen LogP contribution in [0.1, 0.15) is 0 Å². The van der Waals surface area contributed by atoms with Crippen molar-refractivity contribution in [3.63, 3.8) is 0 Å². The van der Waals surface area contributed by atoms with E-state index in [2.05, 4.69) is 9.71 Å². The molecule has 0 saturated heterocycles. The summed E-state index contributed by atoms with van der Waals surface area (Å²) in [7, 11) is -3.73. The molecule has 0 unspecified atom stereocenters. The van der Waals surface area contributed by atoms with Crippen molar-refractivity contribution < 1.29 is 8.42 Å². The molecule has 0 aromatic heterocycles. The first-order valence-electron chi connectivity index (χ1n) is 6.04. The van der Waals surface area contributed by atoms with Crippen molar-refractivity contribution in [1.29, 1.82) is 0 Å². The molecule has 21 heavy (non-hydrogen) atoms. The number of halogens is 1. The highest BCUT2D eigenvalue weighted by Gasteiger charge is 2.14. The zero-order valence-corrected chi connectivity index (χ0v) is 13.4. The van der Waals surface area contributed by atoms with E-state index in [4.69, 9.17) is 17.3 Å². The molecule has 0 aliphatic carbocycles. The number of sulfonamides is 1. The number of thioether (sulfide) groups is 1. The van der Waals surface area contributed by atoms with Gasteiger partial charge in [0.05, 0.1) is 11.4 Å². The summed E-state index contributed by atoms with van der Waals surface area (Å²) in [5.41, 5.74) is 5.62. The zero-order valence-electron chi connectivity index (χ0n) is 11.0. The number of allylic oxidation sites excluding steroid dienone is 2. The molecule has 1 aromatic carbocycles. The topological polar surface area (TPSA) is 84.5 Å². The van der Waals surface area contributed by atoms with Crippen LogP contribution >= 0.6 is 23.4 Å². The van der Waals surface area contributed by atoms with E-state index in [1.165, 1.54) is 24.3 Å². The fraction of sp³-hybridized carbons (Fsp3) is 0.154. The van der Waals surface area contributed by atoms with Gasteiger partial charge in [0, 0.05) is 15.7 Å². The first-order valence-corrected chi connectivity index (χ1v) is 8.89. The number of benzene rings is 1. The smallest absolute Gasteiger partial charge is 0.264 e. The van der Waals surface area contributed by atoms with E-state index in [0.717, 1.165) is 10.7 Å². The van der Waals surface area contributed by atoms with Crippen molar-refractivity contribution in [2.75, 3.05) is 12.3 Å². The third kappa shape index (κ3) is 4.80. The van der Waals surface area contributed by atoms with Crippen LogP contribution in [-0.2, 0) is 10.0 Å². The van der Waals surface area contributed by atoms with Gasteiger partial charge >= 0.3 is 0 Å². The van der Waals surface area contributed by atoms with Gasteiger partial charge in [-0.1, -0.05) is 29.8 Å². The molecule has 112 valence electrons. The fourth-order valence-electron chi connectivity index (χ4n) is 1.54. The van der Waals surface area contributed by atoms with Crippen LogP contribution in [0.5, 0.6) is 0 Å². The van der Waals surface area contributed by atoms with E-state index in [1.807, 2.05) is 18.2 Å². The van der Waals surface area contributed by atoms with Gasteiger partial charge < -0.3 is 5.73 Å². The van der Waals surface area contributed by atoms with Crippen molar-refractivity contribution in [3.05, 3.63) is 52.4 Å². The minimum absolute atomic E-state index is 0.0826. The standard InChI is InChI=1S/C13H14ClN3O2S2/c14-10-4-6-12(7-5-10)21(18,19)17-13(15)16-9-11-3-1-2-8-20-11/h1-7H,8-9H2,(H3,15,16,17). The van der Waals surface area contributed by atoms with Gasteiger partial charge in [-0.25, -0.2) is 18.1 Å². The molecule has 0 radical (unpaired) electrons. The summed E-state index contributed by atoms with van der Waals surface area (Å²) in [6.45, 7) is 0.351. The maximum atomic E-state index is 12.1. The molecule has 0 fully saturated rings. The molecule has 0 bridgehead atoms. The molecule has 0 spiro atoms. The highest BCUT2D eigenvalue weighted by Crippen LogP contribution is 2.19. The minimum atomic E-state index is -3.73. The Morgan fingerprint density at radius 2 is 2.10 bits per heavy atom. The van der Waals surface area contributed by atoms with Gasteiger partial charge in [-0.05, 0) is 24.3 Å². The van der Waals surface area contributed by atoms with Gasteiger partial charge in [0.2, 0.25) is 5.96 Å². The summed E-state index contributed by atoms with van der Waals surface area (Å²) < 4.78 is 26.4. The molecule has 0 saturated carbocycles. The molecule has 1 heterocycles. The predicted octanol–water partition coefficient (Wildman–Crippen LogP) is 2.12. The normalized spacial score (nSPS) is 15.7. The summed E-state index contributed by atoms with van der Waals surface area (Å²) in [5, 5.41) is 0.463. The Morgan fingerprint density at radius 1 is 1.38 bits per heavy atom. The van der Waals surface area contributed by atoms with Crippen molar-refractivity contribution in [2.24, 2.45) is 10.7 Å². The second-order valence-corrected chi connectivity index (χ2v) is 7.40. The number of nitrogens with zero attached hydrogens (tertiary/aromatic N) is 1. The van der Waals surface area contributed by atoms with Crippen LogP contribution < -0.4 is 10.5 Å². The molecule has 5 nitrogen and oxygen atoms in total. The monoisotopic (exact) mass is 343 g/mol. The summed E-state index contributed by atoms with van der Waals surface area (Å²) in [6.07, 6.45) is 5.90. The van der Waals surface area contributed by atoms with Crippen molar-refractivity contribution in [2.45, 2.75) is 4.90 Å². The Hall–Kier alpha value is -1.44. The Labute approximate surface area is 133 Å². The maximum Gasteiger partial charge on any atom is 0.264 e. The molecule has 0 amide bonds. The van der Waals surface area contributed by atoms with Crippen LogP contribution in [0, 0.1) is 0 Å². The van der Waals surface area contributed by atoms with Crippen LogP contribution in [0.3, 0.4) is 0 Å². The van der Waals surface area contributed by atoms with Crippen molar-refractivity contribution >= 4 is 39.3 Å². The second-order valence-electron chi connectivity index (χ2n) is 4.13. The quantitative estimate of drug-likeness (QED) is 0.647. The van der Waals surface area contributed by atoms with Gasteiger partial charge in [-0.2, -0.15) is 0 Å². The predicted molar refractivity (Wildman–Crippen MR) is 87.9 cm³/mol. The lowest BCUT2D eigenvalue weighted by atomic mass is 10.4. The SMILES string of the molecule is NC(=NCC1=CC=CCS1)NS(=O)(=O)c1ccc(Cl)cc1. The summed E-state index contributed by atoms with van der Waals surface area (Å²) >= 11 is 7.37. The van der Waals surface area contributed by atoms with Crippen LogP contribution in [0.4, 0.5) is 0 Å². The van der Waals surface area contributed by atoms with Crippen LogP contribution in [0.25, 0.3) is 0 Å². The number of guanidine groups is 1. The van der Waals surface area contributed by atoms with E-state index >= 15 is 0 Å². The lowest BCUT2D eigenvalue weighted by molar-refractivity contribution is 0.592. The Balaban J connectivity index is 2.03. The highest BCUT2D eigenvalue weighted by molar-refractivity contribution is 8.03. The molecule has 1 aromatic rings. The lowest BCUT2D eigenvalue weighted by Crippen LogP contribution is -2.36. The molecular weight excluding hydrogens is 330 g/mol. The number of hydrogen-bond acceptors (Lipinski definition) is 4. The van der Waals surface area contributed by atoms with Crippen LogP contribution in [0.15, 0.2) is 57.3 Å². The van der Waals surface area contributed by atoms with Gasteiger partial charge in [-0.15, -0.1) is 11.8 Å². The van der Waals surface area contributed by atoms with E-state index in [9.17, 15) is 8.42 Å². The van der Waals surface area contributed by atoms with Gasteiger partial charge in [-0.3, -0.25) is 0 Å². The number of nitrogens with one attached hydrogen (secondary N) is 1. The third-order valence-electron chi connectivity index (χ3n) is 2.55. The molecule has 0 atom stereocenters. The number of hydrogen-bond donors (Lipinski definition) is 2. The summed E-state index contributed by atoms with van der Waals surface area (Å²) in [6, 6.07) is 5.81. The molecule has 2 rings (SSSR count). The number of rotatable bonds is 4. The lowest BCUT2D eigenvalue weighted by Gasteiger charge is -2.09. The maximum absolute atomic E-state index is 12.1. The fourth-order valence-corrected chi connectivity index (χ4v) is 3.37. The van der Waals surface area contributed by atoms with Crippen LogP contribution in [-0.4, -0.2) is 26.7 Å². The molecular formula is C13H14ClN3O2S2. The van der Waals surface area contributed by atoms with Crippen molar-refractivity contribution in [1.82, 2.24) is 4.72 Å². The van der Waals surface area contributed by atoms with E-state index < -0.39 is 10.0 Å². The largest absolute Gasteiger partial charge is 0.369 e. The molecule has 1 aliphatic rings. The van der Waals surface area contributed by atoms with E-state index in [-0.39, 0.29) is 10.9 Å². The van der Waals surface area contributed by atoms with Crippen LogP contribution in [0.2, 0.25) is 5.02 Å². The van der Waals surface area contributed by atoms with Gasteiger partial charge in [0.25, 0.3) is 10.0 Å². The third-order valence-corrected chi connectivity index (χ3v) is 5.17. The summed E-state index contributed by atoms with van der Waals surface area (Å²) in [5.74, 6) is 0.749. The summed E-state index contributed by atoms with van der Waals surface area (Å²) in [4.78, 5) is 5.15. The first-order chi connectivity index (χ1) is 9.97. The average Bonchev–Trinajstić information content (AvgIpc) is 2.46. The zero-order chi connectivity index (χ0) is 15.3.